The summed E-state index contributed by atoms with van der Waals surface area (Å²) in [6, 6.07) is 16.5. The monoisotopic (exact) mass is 548 g/mol. The number of ether oxygens (including phenoxy) is 1. The van der Waals surface area contributed by atoms with Gasteiger partial charge in [-0.3, -0.25) is 9.59 Å². The lowest BCUT2D eigenvalue weighted by Gasteiger charge is -2.12. The van der Waals surface area contributed by atoms with Gasteiger partial charge in [0, 0.05) is 11.4 Å². The highest BCUT2D eigenvalue weighted by molar-refractivity contribution is 8.02. The number of nitrogens with one attached hydrogen (secondary N) is 3. The van der Waals surface area contributed by atoms with E-state index >= 15 is 0 Å². The SMILES string of the molecule is CCOC(=O)c1c(N/C(SC)=C(/C#N)C(=O)Nc2ccc(C)cc2)sc(C(=O)Nc2ccc(C)cc2)c1C. The summed E-state index contributed by atoms with van der Waals surface area (Å²) in [5.41, 5.74) is 3.70. The summed E-state index contributed by atoms with van der Waals surface area (Å²) in [7, 11) is 0. The van der Waals surface area contributed by atoms with Gasteiger partial charge in [0.25, 0.3) is 11.8 Å². The van der Waals surface area contributed by atoms with E-state index in [4.69, 9.17) is 4.74 Å². The second-order valence-corrected chi connectivity index (χ2v) is 10.1. The number of carbonyl (C=O) groups is 3. The molecular formula is C28H28N4O4S2. The molecule has 0 saturated heterocycles. The highest BCUT2D eigenvalue weighted by atomic mass is 32.2. The minimum Gasteiger partial charge on any atom is -0.462 e. The number of carbonyl (C=O) groups excluding carboxylic acids is 3. The summed E-state index contributed by atoms with van der Waals surface area (Å²) in [6.07, 6.45) is 1.70. The molecule has 3 rings (SSSR count). The molecule has 0 atom stereocenters. The maximum absolute atomic E-state index is 13.1. The largest absolute Gasteiger partial charge is 0.462 e. The first kappa shape index (κ1) is 28.5. The number of thiophene rings is 1. The number of hydrogen-bond acceptors (Lipinski definition) is 8. The number of esters is 1. The van der Waals surface area contributed by atoms with Crippen LogP contribution in [0.15, 0.2) is 59.1 Å². The second-order valence-electron chi connectivity index (χ2n) is 8.27. The molecule has 1 heterocycles. The van der Waals surface area contributed by atoms with Gasteiger partial charge in [0.2, 0.25) is 0 Å². The zero-order chi connectivity index (χ0) is 27.8. The average Bonchev–Trinajstić information content (AvgIpc) is 3.22. The topological polar surface area (TPSA) is 120 Å². The molecule has 0 bridgehead atoms. The molecule has 0 aliphatic carbocycles. The zero-order valence-electron chi connectivity index (χ0n) is 21.7. The molecule has 10 heteroatoms. The summed E-state index contributed by atoms with van der Waals surface area (Å²) in [4.78, 5) is 39.3. The van der Waals surface area contributed by atoms with Crippen molar-refractivity contribution >= 4 is 57.3 Å². The Bertz CT molecular complexity index is 1420. The van der Waals surface area contributed by atoms with E-state index in [1.54, 1.807) is 44.4 Å². The van der Waals surface area contributed by atoms with E-state index in [0.717, 1.165) is 34.2 Å². The van der Waals surface area contributed by atoms with E-state index in [1.165, 1.54) is 0 Å². The zero-order valence-corrected chi connectivity index (χ0v) is 23.4. The van der Waals surface area contributed by atoms with Gasteiger partial charge in [-0.1, -0.05) is 35.4 Å². The molecule has 0 fully saturated rings. The molecule has 0 spiro atoms. The number of nitriles is 1. The molecule has 0 saturated carbocycles. The van der Waals surface area contributed by atoms with Crippen molar-refractivity contribution in [1.82, 2.24) is 0 Å². The molecule has 1 aromatic heterocycles. The number of rotatable bonds is 9. The predicted octanol–water partition coefficient (Wildman–Crippen LogP) is 6.25. The lowest BCUT2D eigenvalue weighted by molar-refractivity contribution is -0.112. The van der Waals surface area contributed by atoms with Gasteiger partial charge in [0.05, 0.1) is 22.1 Å². The van der Waals surface area contributed by atoms with E-state index in [0.29, 0.717) is 26.8 Å². The van der Waals surface area contributed by atoms with Crippen LogP contribution in [-0.2, 0) is 9.53 Å². The smallest absolute Gasteiger partial charge is 0.341 e. The van der Waals surface area contributed by atoms with Gasteiger partial charge >= 0.3 is 5.97 Å². The fourth-order valence-electron chi connectivity index (χ4n) is 3.45. The summed E-state index contributed by atoms with van der Waals surface area (Å²) >= 11 is 2.19. The molecule has 196 valence electrons. The summed E-state index contributed by atoms with van der Waals surface area (Å²) < 4.78 is 5.24. The molecule has 0 aliphatic heterocycles. The predicted molar refractivity (Wildman–Crippen MR) is 154 cm³/mol. The molecule has 2 aromatic carbocycles. The molecule has 3 aromatic rings. The van der Waals surface area contributed by atoms with E-state index in [2.05, 4.69) is 16.0 Å². The first-order valence-electron chi connectivity index (χ1n) is 11.7. The Balaban J connectivity index is 1.98. The van der Waals surface area contributed by atoms with Crippen LogP contribution in [0.4, 0.5) is 16.4 Å². The normalized spacial score (nSPS) is 11.2. The van der Waals surface area contributed by atoms with E-state index in [9.17, 15) is 19.6 Å². The molecular weight excluding hydrogens is 520 g/mol. The third kappa shape index (κ3) is 6.82. The van der Waals surface area contributed by atoms with Gasteiger partial charge in [0.15, 0.2) is 0 Å². The summed E-state index contributed by atoms with van der Waals surface area (Å²) in [6.45, 7) is 7.38. The lowest BCUT2D eigenvalue weighted by atomic mass is 10.1. The number of anilines is 3. The van der Waals surface area contributed by atoms with Crippen LogP contribution in [0, 0.1) is 32.1 Å². The van der Waals surface area contributed by atoms with Crippen LogP contribution in [0.25, 0.3) is 0 Å². The molecule has 3 N–H and O–H groups in total. The number of amides is 2. The quantitative estimate of drug-likeness (QED) is 0.164. The Hall–Kier alpha value is -4.07. The van der Waals surface area contributed by atoms with Crippen molar-refractivity contribution in [3.05, 3.63) is 86.3 Å². The summed E-state index contributed by atoms with van der Waals surface area (Å²) in [5.74, 6) is -1.60. The molecule has 0 aliphatic rings. The van der Waals surface area contributed by atoms with Crippen molar-refractivity contribution in [2.75, 3.05) is 28.8 Å². The van der Waals surface area contributed by atoms with Crippen molar-refractivity contribution < 1.29 is 19.1 Å². The second kappa shape index (κ2) is 12.9. The number of thioether (sulfide) groups is 1. The maximum atomic E-state index is 13.1. The maximum Gasteiger partial charge on any atom is 0.341 e. The van der Waals surface area contributed by atoms with Crippen LogP contribution < -0.4 is 16.0 Å². The van der Waals surface area contributed by atoms with Crippen molar-refractivity contribution in [3.8, 4) is 6.07 Å². The Morgan fingerprint density at radius 3 is 1.97 bits per heavy atom. The highest BCUT2D eigenvalue weighted by Gasteiger charge is 2.27. The fourth-order valence-corrected chi connectivity index (χ4v) is 5.15. The molecule has 8 nitrogen and oxygen atoms in total. The van der Waals surface area contributed by atoms with Crippen molar-refractivity contribution in [3.63, 3.8) is 0 Å². The van der Waals surface area contributed by atoms with E-state index in [-0.39, 0.29) is 28.7 Å². The van der Waals surface area contributed by atoms with E-state index < -0.39 is 11.9 Å². The fraction of sp³-hybridized carbons (Fsp3) is 0.214. The van der Waals surface area contributed by atoms with Gasteiger partial charge in [0.1, 0.15) is 16.6 Å². The van der Waals surface area contributed by atoms with Gasteiger partial charge in [-0.25, -0.2) is 4.79 Å². The van der Waals surface area contributed by atoms with Crippen LogP contribution in [0.3, 0.4) is 0 Å². The first-order chi connectivity index (χ1) is 18.2. The van der Waals surface area contributed by atoms with Gasteiger partial charge in [-0.2, -0.15) is 5.26 Å². The van der Waals surface area contributed by atoms with Gasteiger partial charge < -0.3 is 20.7 Å². The van der Waals surface area contributed by atoms with E-state index in [1.807, 2.05) is 44.2 Å². The Labute approximate surface area is 230 Å². The number of aryl methyl sites for hydroxylation is 2. The molecule has 0 radical (unpaired) electrons. The Kier molecular flexibility index (Phi) is 9.71. The molecule has 2 amide bonds. The van der Waals surface area contributed by atoms with Crippen molar-refractivity contribution in [1.29, 1.82) is 5.26 Å². The summed E-state index contributed by atoms with van der Waals surface area (Å²) in [5, 5.41) is 19.0. The van der Waals surface area contributed by atoms with Crippen LogP contribution in [-0.4, -0.2) is 30.6 Å². The Morgan fingerprint density at radius 2 is 1.47 bits per heavy atom. The van der Waals surface area contributed by atoms with Gasteiger partial charge in [-0.15, -0.1) is 23.1 Å². The molecule has 38 heavy (non-hydrogen) atoms. The average molecular weight is 549 g/mol. The third-order valence-electron chi connectivity index (χ3n) is 5.45. The van der Waals surface area contributed by atoms with Crippen molar-refractivity contribution in [2.24, 2.45) is 0 Å². The van der Waals surface area contributed by atoms with Crippen LogP contribution in [0.2, 0.25) is 0 Å². The van der Waals surface area contributed by atoms with Crippen molar-refractivity contribution in [2.45, 2.75) is 27.7 Å². The minimum absolute atomic E-state index is 0.145. The lowest BCUT2D eigenvalue weighted by Crippen LogP contribution is -2.17. The standard InChI is InChI=1S/C28H28N4O4S2/c1-6-36-28(35)22-18(4)23(25(34)31-20-13-9-17(3)10-14-20)38-27(22)32-26(37-5)21(15-29)24(33)30-19-11-7-16(2)8-12-19/h7-14,32H,6H2,1-5H3,(H,30,33)(H,31,34)/b26-21+. The number of hydrogen-bond donors (Lipinski definition) is 3. The third-order valence-corrected chi connectivity index (χ3v) is 7.37. The number of nitrogens with zero attached hydrogens (tertiary/aromatic N) is 1. The number of benzene rings is 2. The Morgan fingerprint density at radius 1 is 0.921 bits per heavy atom. The van der Waals surface area contributed by atoms with Crippen LogP contribution in [0.1, 0.15) is 43.6 Å². The first-order valence-corrected chi connectivity index (χ1v) is 13.7. The van der Waals surface area contributed by atoms with Gasteiger partial charge in [-0.05, 0) is 63.8 Å². The van der Waals surface area contributed by atoms with Crippen LogP contribution >= 0.6 is 23.1 Å². The highest BCUT2D eigenvalue weighted by Crippen LogP contribution is 2.37. The minimum atomic E-state index is -0.610. The molecule has 0 unspecified atom stereocenters. The van der Waals surface area contributed by atoms with Crippen LogP contribution in [0.5, 0.6) is 0 Å².